The van der Waals surface area contributed by atoms with Crippen LogP contribution in [0.15, 0.2) is 34.9 Å². The Morgan fingerprint density at radius 1 is 1.35 bits per heavy atom. The molecule has 6 heteroatoms. The monoisotopic (exact) mass is 434 g/mol. The number of esters is 1. The van der Waals surface area contributed by atoms with Crippen LogP contribution in [0.3, 0.4) is 0 Å². The number of Topliss-reactive ketones (excluding diaryl/α,β-unsaturated/α-hetero) is 1. The predicted octanol–water partition coefficient (Wildman–Crippen LogP) is 3.11. The molecule has 0 aromatic heterocycles. The number of aliphatic hydroxyl groups excluding tert-OH is 2. The van der Waals surface area contributed by atoms with Gasteiger partial charge in [-0.15, -0.1) is 0 Å². The maximum absolute atomic E-state index is 13.9. The smallest absolute Gasteiger partial charge is 0.334 e. The van der Waals surface area contributed by atoms with E-state index < -0.39 is 41.7 Å². The molecule has 0 heterocycles. The van der Waals surface area contributed by atoms with Gasteiger partial charge in [-0.25, -0.2) is 4.79 Å². The Bertz CT molecular complexity index is 807. The van der Waals surface area contributed by atoms with E-state index in [0.717, 1.165) is 0 Å². The summed E-state index contributed by atoms with van der Waals surface area (Å²) in [6.45, 7) is 12.3. The van der Waals surface area contributed by atoms with E-state index in [9.17, 15) is 24.9 Å². The molecule has 0 unspecified atom stereocenters. The lowest BCUT2D eigenvalue weighted by atomic mass is 9.57. The van der Waals surface area contributed by atoms with Gasteiger partial charge in [-0.2, -0.15) is 0 Å². The highest BCUT2D eigenvalue weighted by atomic mass is 16.6. The summed E-state index contributed by atoms with van der Waals surface area (Å²) in [5, 5.41) is 33.6. The summed E-state index contributed by atoms with van der Waals surface area (Å²) in [5.41, 5.74) is -2.51. The summed E-state index contributed by atoms with van der Waals surface area (Å²) in [5.74, 6) is -1.51. The van der Waals surface area contributed by atoms with Gasteiger partial charge in [0.25, 0.3) is 0 Å². The number of rotatable bonds is 7. The Balaban J connectivity index is 2.80. The lowest BCUT2D eigenvalue weighted by Crippen LogP contribution is -2.66. The zero-order valence-electron chi connectivity index (χ0n) is 19.8. The molecule has 0 saturated heterocycles. The standard InChI is InChI=1S/C25H38O6/c1-8-15(5)23(29)31-22-17(7)12-24(19(9-2)10-14(3)4)20(27)16(6)11-18(13-26)21(28)25(22,24)30/h8,11-12,14,16,19,21-22,26,28,30H,9-10,13H2,1-7H3/b15-8-/t16-,19-,21-,22+,24+,25+/m1/s1. The zero-order valence-corrected chi connectivity index (χ0v) is 19.8. The number of hydrogen-bond acceptors (Lipinski definition) is 6. The second-order valence-corrected chi connectivity index (χ2v) is 9.53. The van der Waals surface area contributed by atoms with Crippen LogP contribution in [0.25, 0.3) is 0 Å². The highest BCUT2D eigenvalue weighted by Crippen LogP contribution is 2.58. The first kappa shape index (κ1) is 25.5. The highest BCUT2D eigenvalue weighted by Gasteiger charge is 2.71. The van der Waals surface area contributed by atoms with E-state index in [1.807, 2.05) is 6.92 Å². The molecule has 174 valence electrons. The minimum atomic E-state index is -2.12. The maximum atomic E-state index is 13.9. The third-order valence-electron chi connectivity index (χ3n) is 7.04. The van der Waals surface area contributed by atoms with Crippen molar-refractivity contribution in [2.24, 2.45) is 23.2 Å². The van der Waals surface area contributed by atoms with E-state index >= 15 is 0 Å². The van der Waals surface area contributed by atoms with Crippen molar-refractivity contribution in [2.45, 2.75) is 79.1 Å². The summed E-state index contributed by atoms with van der Waals surface area (Å²) in [6.07, 6.45) is 3.34. The molecule has 0 saturated carbocycles. The van der Waals surface area contributed by atoms with Gasteiger partial charge in [-0.05, 0) is 50.2 Å². The van der Waals surface area contributed by atoms with Crippen LogP contribution in [-0.4, -0.2) is 51.5 Å². The molecule has 0 aliphatic heterocycles. The summed E-state index contributed by atoms with van der Waals surface area (Å²) in [4.78, 5) is 26.6. The van der Waals surface area contributed by atoms with Gasteiger partial charge in [0, 0.05) is 11.5 Å². The summed E-state index contributed by atoms with van der Waals surface area (Å²) >= 11 is 0. The van der Waals surface area contributed by atoms with Gasteiger partial charge >= 0.3 is 5.97 Å². The maximum Gasteiger partial charge on any atom is 0.334 e. The second-order valence-electron chi connectivity index (χ2n) is 9.53. The quantitative estimate of drug-likeness (QED) is 0.323. The largest absolute Gasteiger partial charge is 0.451 e. The van der Waals surface area contributed by atoms with Crippen LogP contribution in [0.4, 0.5) is 0 Å². The summed E-state index contributed by atoms with van der Waals surface area (Å²) < 4.78 is 5.73. The zero-order chi connectivity index (χ0) is 23.7. The average Bonchev–Trinajstić information content (AvgIpc) is 2.93. The number of carbonyl (C=O) groups is 2. The molecule has 6 atom stereocenters. The molecular weight excluding hydrogens is 396 g/mol. The molecule has 0 amide bonds. The third-order valence-corrected chi connectivity index (χ3v) is 7.04. The van der Waals surface area contributed by atoms with E-state index in [0.29, 0.717) is 24.0 Å². The number of fused-ring (bicyclic) bond motifs is 1. The van der Waals surface area contributed by atoms with Crippen LogP contribution in [0.5, 0.6) is 0 Å². The SMILES string of the molecule is C/C=C(/C)C(=O)O[C@H]1C(C)=C[C@]2([C@H](CC)CC(C)C)C(=O)[C@H](C)C=C(CO)[C@@H](O)[C@]12O. The molecule has 2 aliphatic rings. The van der Waals surface area contributed by atoms with Crippen molar-refractivity contribution in [3.63, 3.8) is 0 Å². The number of hydrogen-bond donors (Lipinski definition) is 3. The first-order valence-corrected chi connectivity index (χ1v) is 11.2. The number of carbonyl (C=O) groups excluding carboxylic acids is 2. The van der Waals surface area contributed by atoms with Crippen LogP contribution in [0, 0.1) is 23.2 Å². The van der Waals surface area contributed by atoms with E-state index in [-0.39, 0.29) is 23.2 Å². The van der Waals surface area contributed by atoms with E-state index in [1.165, 1.54) is 6.08 Å². The summed E-state index contributed by atoms with van der Waals surface area (Å²) in [6, 6.07) is 0. The Morgan fingerprint density at radius 2 is 1.97 bits per heavy atom. The lowest BCUT2D eigenvalue weighted by molar-refractivity contribution is -0.203. The Morgan fingerprint density at radius 3 is 2.45 bits per heavy atom. The predicted molar refractivity (Wildman–Crippen MR) is 119 cm³/mol. The van der Waals surface area contributed by atoms with Crippen molar-refractivity contribution in [3.05, 3.63) is 34.9 Å². The fourth-order valence-electron chi connectivity index (χ4n) is 5.43. The van der Waals surface area contributed by atoms with Crippen LogP contribution >= 0.6 is 0 Å². The molecule has 0 aromatic rings. The Hall–Kier alpha value is -1.76. The number of allylic oxidation sites excluding steroid dienone is 2. The summed E-state index contributed by atoms with van der Waals surface area (Å²) in [7, 11) is 0. The number of ether oxygens (including phenoxy) is 1. The molecule has 2 rings (SSSR count). The molecular formula is C25H38O6. The number of ketones is 1. The van der Waals surface area contributed by atoms with Crippen LogP contribution in [0.2, 0.25) is 0 Å². The van der Waals surface area contributed by atoms with Gasteiger partial charge < -0.3 is 20.1 Å². The topological polar surface area (TPSA) is 104 Å². The van der Waals surface area contributed by atoms with E-state index in [1.54, 1.807) is 39.8 Å². The van der Waals surface area contributed by atoms with E-state index in [2.05, 4.69) is 13.8 Å². The molecule has 0 aromatic carbocycles. The van der Waals surface area contributed by atoms with Crippen LogP contribution < -0.4 is 0 Å². The van der Waals surface area contributed by atoms with Crippen molar-refractivity contribution < 1.29 is 29.6 Å². The Labute approximate surface area is 185 Å². The van der Waals surface area contributed by atoms with Crippen molar-refractivity contribution in [1.82, 2.24) is 0 Å². The highest BCUT2D eigenvalue weighted by molar-refractivity contribution is 5.94. The van der Waals surface area contributed by atoms with E-state index in [4.69, 9.17) is 4.74 Å². The minimum absolute atomic E-state index is 0.163. The van der Waals surface area contributed by atoms with Gasteiger partial charge in [0.2, 0.25) is 0 Å². The molecule has 3 N–H and O–H groups in total. The van der Waals surface area contributed by atoms with Gasteiger partial charge in [0.15, 0.2) is 17.5 Å². The minimum Gasteiger partial charge on any atom is -0.451 e. The van der Waals surface area contributed by atoms with Crippen molar-refractivity contribution in [3.8, 4) is 0 Å². The Kier molecular flexibility index (Phi) is 7.72. The third kappa shape index (κ3) is 3.94. The van der Waals surface area contributed by atoms with Gasteiger partial charge in [-0.1, -0.05) is 52.3 Å². The van der Waals surface area contributed by atoms with Crippen LogP contribution in [0.1, 0.15) is 61.3 Å². The first-order chi connectivity index (χ1) is 14.4. The van der Waals surface area contributed by atoms with Gasteiger partial charge in [-0.3, -0.25) is 4.79 Å². The van der Waals surface area contributed by atoms with Crippen molar-refractivity contribution in [1.29, 1.82) is 0 Å². The molecule has 2 aliphatic carbocycles. The normalized spacial score (nSPS) is 34.7. The molecule has 0 spiro atoms. The molecule has 0 bridgehead atoms. The van der Waals surface area contributed by atoms with Crippen molar-refractivity contribution >= 4 is 11.8 Å². The van der Waals surface area contributed by atoms with Gasteiger partial charge in [0.05, 0.1) is 12.0 Å². The number of aliphatic hydroxyl groups is 3. The molecule has 0 radical (unpaired) electrons. The van der Waals surface area contributed by atoms with Gasteiger partial charge in [0.1, 0.15) is 6.10 Å². The van der Waals surface area contributed by atoms with Crippen LogP contribution in [-0.2, 0) is 14.3 Å². The lowest BCUT2D eigenvalue weighted by Gasteiger charge is -2.50. The fourth-order valence-corrected chi connectivity index (χ4v) is 5.43. The molecule has 0 fully saturated rings. The van der Waals surface area contributed by atoms with Crippen molar-refractivity contribution in [2.75, 3.05) is 6.61 Å². The fraction of sp³-hybridized carbons (Fsp3) is 0.680. The first-order valence-electron chi connectivity index (χ1n) is 11.2. The molecule has 31 heavy (non-hydrogen) atoms. The average molecular weight is 435 g/mol. The second kappa shape index (κ2) is 9.39. The molecule has 6 nitrogen and oxygen atoms in total.